The molecule has 1 aliphatic heterocycles. The van der Waals surface area contributed by atoms with Crippen LogP contribution in [0.2, 0.25) is 0 Å². The van der Waals surface area contributed by atoms with E-state index in [1.807, 2.05) is 0 Å². The molecule has 2 fully saturated rings. The number of anilines is 1. The predicted molar refractivity (Wildman–Crippen MR) is 97.7 cm³/mol. The molecule has 0 bridgehead atoms. The maximum Gasteiger partial charge on any atom is 0.416 e. The van der Waals surface area contributed by atoms with Crippen LogP contribution in [0.25, 0.3) is 0 Å². The van der Waals surface area contributed by atoms with Crippen molar-refractivity contribution in [2.24, 2.45) is 0 Å². The van der Waals surface area contributed by atoms with Gasteiger partial charge in [-0.1, -0.05) is 11.3 Å². The summed E-state index contributed by atoms with van der Waals surface area (Å²) in [6, 6.07) is 3.38. The maximum absolute atomic E-state index is 12.7. The first kappa shape index (κ1) is 19.6. The Kier molecular flexibility index (Phi) is 4.93. The van der Waals surface area contributed by atoms with Gasteiger partial charge in [-0.3, -0.25) is 0 Å². The number of nitrogens with zero attached hydrogens (tertiary/aromatic N) is 4. The number of hydrogen-bond donors (Lipinski definition) is 0. The molecule has 0 spiro atoms. The number of amides is 2. The Morgan fingerprint density at radius 3 is 2.48 bits per heavy atom. The van der Waals surface area contributed by atoms with Crippen LogP contribution in [0.3, 0.4) is 0 Å². The number of benzene rings is 1. The van der Waals surface area contributed by atoms with E-state index in [4.69, 9.17) is 4.74 Å². The number of halogens is 3. The summed E-state index contributed by atoms with van der Waals surface area (Å²) in [6.07, 6.45) is -2.98. The zero-order valence-corrected chi connectivity index (χ0v) is 16.2. The number of esters is 1. The van der Waals surface area contributed by atoms with Gasteiger partial charge in [0.25, 0.3) is 0 Å². The van der Waals surface area contributed by atoms with Gasteiger partial charge in [0.05, 0.1) is 11.1 Å². The van der Waals surface area contributed by atoms with E-state index in [1.165, 1.54) is 21.1 Å². The SMILES string of the molecule is CN1CCC(OC(=O)c2ccc(C(F)(F)F)cc2)N(c2nnc(C3CC3)s2)C1=O. The van der Waals surface area contributed by atoms with E-state index < -0.39 is 23.9 Å². The lowest BCUT2D eigenvalue weighted by molar-refractivity contribution is -0.137. The third-order valence-electron chi connectivity index (χ3n) is 4.79. The van der Waals surface area contributed by atoms with Crippen LogP contribution in [-0.2, 0) is 10.9 Å². The fourth-order valence-corrected chi connectivity index (χ4v) is 4.01. The van der Waals surface area contributed by atoms with E-state index in [9.17, 15) is 22.8 Å². The molecule has 0 N–H and O–H groups in total. The van der Waals surface area contributed by atoms with Gasteiger partial charge < -0.3 is 9.64 Å². The number of aromatic nitrogens is 2. The molecule has 2 aliphatic rings. The summed E-state index contributed by atoms with van der Waals surface area (Å²) < 4.78 is 43.6. The van der Waals surface area contributed by atoms with Crippen LogP contribution in [0.15, 0.2) is 24.3 Å². The highest BCUT2D eigenvalue weighted by molar-refractivity contribution is 7.15. The molecule has 0 radical (unpaired) electrons. The van der Waals surface area contributed by atoms with Crippen LogP contribution >= 0.6 is 11.3 Å². The van der Waals surface area contributed by atoms with Crippen LogP contribution in [0.1, 0.15) is 46.1 Å². The molecule has 2 amide bonds. The predicted octanol–water partition coefficient (Wildman–Crippen LogP) is 3.88. The van der Waals surface area contributed by atoms with Gasteiger partial charge in [0.1, 0.15) is 5.01 Å². The third-order valence-corrected chi connectivity index (χ3v) is 5.87. The van der Waals surface area contributed by atoms with Gasteiger partial charge in [-0.25, -0.2) is 14.5 Å². The molecule has 29 heavy (non-hydrogen) atoms. The maximum atomic E-state index is 12.7. The van der Waals surface area contributed by atoms with E-state index in [0.29, 0.717) is 24.0 Å². The molecule has 4 rings (SSSR count). The van der Waals surface area contributed by atoms with Crippen molar-refractivity contribution >= 4 is 28.5 Å². The topological polar surface area (TPSA) is 75.6 Å². The number of carbonyl (C=O) groups is 2. The van der Waals surface area contributed by atoms with Crippen LogP contribution in [0.5, 0.6) is 0 Å². The van der Waals surface area contributed by atoms with Crippen LogP contribution in [0, 0.1) is 0 Å². The first-order valence-corrected chi connectivity index (χ1v) is 9.81. The molecule has 1 saturated heterocycles. The summed E-state index contributed by atoms with van der Waals surface area (Å²) in [7, 11) is 1.63. The lowest BCUT2D eigenvalue weighted by Gasteiger charge is -2.37. The van der Waals surface area contributed by atoms with Crippen molar-refractivity contribution in [3.8, 4) is 0 Å². The van der Waals surface area contributed by atoms with Crippen molar-refractivity contribution in [3.63, 3.8) is 0 Å². The largest absolute Gasteiger partial charge is 0.437 e. The van der Waals surface area contributed by atoms with Crippen molar-refractivity contribution in [1.82, 2.24) is 15.1 Å². The van der Waals surface area contributed by atoms with Crippen molar-refractivity contribution in [2.45, 2.75) is 37.6 Å². The smallest absolute Gasteiger partial charge is 0.416 e. The minimum absolute atomic E-state index is 0.0275. The average molecular weight is 426 g/mol. The fraction of sp³-hybridized carbons (Fsp3) is 0.444. The fourth-order valence-electron chi connectivity index (χ4n) is 2.96. The molecule has 1 saturated carbocycles. The van der Waals surface area contributed by atoms with E-state index in [0.717, 1.165) is 42.1 Å². The first-order chi connectivity index (χ1) is 13.7. The summed E-state index contributed by atoms with van der Waals surface area (Å²) in [5.41, 5.74) is -0.883. The van der Waals surface area contributed by atoms with Gasteiger partial charge in [-0.15, -0.1) is 10.2 Å². The van der Waals surface area contributed by atoms with Gasteiger partial charge in [0, 0.05) is 25.9 Å². The van der Waals surface area contributed by atoms with E-state index in [-0.39, 0.29) is 11.6 Å². The highest BCUT2D eigenvalue weighted by Gasteiger charge is 2.39. The standard InChI is InChI=1S/C18H17F3N4O3S/c1-24-9-8-13(25(17(24)27)16-23-22-14(29-16)10-2-3-10)28-15(26)11-4-6-12(7-5-11)18(19,20)21/h4-7,10,13H,2-3,8-9H2,1H3. The number of carbonyl (C=O) groups excluding carboxylic acids is 2. The highest BCUT2D eigenvalue weighted by Crippen LogP contribution is 2.43. The molecule has 1 aromatic carbocycles. The number of ether oxygens (including phenoxy) is 1. The zero-order valence-electron chi connectivity index (χ0n) is 15.3. The molecular weight excluding hydrogens is 409 g/mol. The molecule has 154 valence electrons. The second-order valence-corrected chi connectivity index (χ2v) is 7.98. The van der Waals surface area contributed by atoms with Crippen LogP contribution in [-0.4, -0.2) is 46.9 Å². The Labute approximate surface area is 168 Å². The minimum atomic E-state index is -4.49. The minimum Gasteiger partial charge on any atom is -0.437 e. The van der Waals surface area contributed by atoms with Gasteiger partial charge in [0.15, 0.2) is 6.23 Å². The second kappa shape index (κ2) is 7.29. The molecule has 7 nitrogen and oxygen atoms in total. The molecule has 2 aromatic rings. The molecule has 11 heteroatoms. The van der Waals surface area contributed by atoms with Gasteiger partial charge >= 0.3 is 18.2 Å². The van der Waals surface area contributed by atoms with Gasteiger partial charge in [-0.2, -0.15) is 13.2 Å². The normalized spacial score (nSPS) is 20.1. The van der Waals surface area contributed by atoms with E-state index in [2.05, 4.69) is 10.2 Å². The molecule has 2 heterocycles. The Bertz CT molecular complexity index is 927. The van der Waals surface area contributed by atoms with Crippen LogP contribution < -0.4 is 4.90 Å². The Morgan fingerprint density at radius 1 is 1.17 bits per heavy atom. The second-order valence-electron chi connectivity index (χ2n) is 7.00. The molecule has 1 unspecified atom stereocenters. The van der Waals surface area contributed by atoms with Crippen molar-refractivity contribution in [2.75, 3.05) is 18.5 Å². The Morgan fingerprint density at radius 2 is 1.86 bits per heavy atom. The molecule has 1 atom stereocenters. The van der Waals surface area contributed by atoms with Crippen molar-refractivity contribution in [1.29, 1.82) is 0 Å². The Hall–Kier alpha value is -2.69. The van der Waals surface area contributed by atoms with Gasteiger partial charge in [0.2, 0.25) is 5.13 Å². The number of alkyl halides is 3. The summed E-state index contributed by atoms with van der Waals surface area (Å²) >= 11 is 1.29. The summed E-state index contributed by atoms with van der Waals surface area (Å²) in [4.78, 5) is 27.9. The van der Waals surface area contributed by atoms with Crippen LogP contribution in [0.4, 0.5) is 23.1 Å². The third kappa shape index (κ3) is 4.04. The summed E-state index contributed by atoms with van der Waals surface area (Å²) in [5, 5.41) is 9.39. The number of urea groups is 1. The molecule has 1 aliphatic carbocycles. The van der Waals surface area contributed by atoms with E-state index in [1.54, 1.807) is 7.05 Å². The Balaban J connectivity index is 1.53. The monoisotopic (exact) mass is 426 g/mol. The molecule has 1 aromatic heterocycles. The van der Waals surface area contributed by atoms with E-state index >= 15 is 0 Å². The van der Waals surface area contributed by atoms with Gasteiger partial charge in [-0.05, 0) is 37.1 Å². The molecular formula is C18H17F3N4O3S. The highest BCUT2D eigenvalue weighted by atomic mass is 32.1. The quantitative estimate of drug-likeness (QED) is 0.694. The number of rotatable bonds is 4. The lowest BCUT2D eigenvalue weighted by atomic mass is 10.1. The summed E-state index contributed by atoms with van der Waals surface area (Å²) in [5.74, 6) is -0.440. The van der Waals surface area contributed by atoms with Crippen molar-refractivity contribution in [3.05, 3.63) is 40.4 Å². The number of hydrogen-bond acceptors (Lipinski definition) is 6. The zero-order chi connectivity index (χ0) is 20.8. The first-order valence-electron chi connectivity index (χ1n) is 9.00. The summed E-state index contributed by atoms with van der Waals surface area (Å²) in [6.45, 7) is 0.370. The lowest BCUT2D eigenvalue weighted by Crippen LogP contribution is -2.54. The van der Waals surface area contributed by atoms with Crippen molar-refractivity contribution < 1.29 is 27.5 Å². The average Bonchev–Trinajstić information content (AvgIpc) is 3.42.